The first-order valence-corrected chi connectivity index (χ1v) is 6.52. The molecular formula is C12H14N2O2S. The van der Waals surface area contributed by atoms with Crippen LogP contribution in [0.15, 0.2) is 29.3 Å². The monoisotopic (exact) mass is 250 g/mol. The molecule has 5 heteroatoms. The molecule has 0 aromatic heterocycles. The average molecular weight is 250 g/mol. The number of hydrogen-bond donors (Lipinski definition) is 0. The second kappa shape index (κ2) is 4.87. The van der Waals surface area contributed by atoms with Gasteiger partial charge in [-0.1, -0.05) is 26.0 Å². The van der Waals surface area contributed by atoms with Gasteiger partial charge >= 0.3 is 0 Å². The van der Waals surface area contributed by atoms with E-state index in [4.69, 9.17) is 0 Å². The lowest BCUT2D eigenvalue weighted by Gasteiger charge is -2.08. The van der Waals surface area contributed by atoms with Crippen LogP contribution in [0.5, 0.6) is 0 Å². The molecule has 1 aliphatic rings. The van der Waals surface area contributed by atoms with Crippen LogP contribution in [0.2, 0.25) is 0 Å². The van der Waals surface area contributed by atoms with E-state index in [2.05, 4.69) is 18.8 Å². The third-order valence-electron chi connectivity index (χ3n) is 2.77. The molecule has 0 N–H and O–H groups in total. The number of nitro groups is 1. The molecule has 1 aliphatic heterocycles. The molecule has 0 saturated carbocycles. The molecule has 0 saturated heterocycles. The highest BCUT2D eigenvalue weighted by Crippen LogP contribution is 2.31. The lowest BCUT2D eigenvalue weighted by molar-refractivity contribution is -0.385. The highest BCUT2D eigenvalue weighted by molar-refractivity contribution is 8.14. The number of benzene rings is 1. The Hall–Kier alpha value is -1.36. The number of nitrogens with zero attached hydrogens (tertiary/aromatic N) is 2. The number of rotatable bonds is 3. The van der Waals surface area contributed by atoms with Gasteiger partial charge in [-0.2, -0.15) is 0 Å². The van der Waals surface area contributed by atoms with Gasteiger partial charge in [-0.3, -0.25) is 15.1 Å². The summed E-state index contributed by atoms with van der Waals surface area (Å²) < 4.78 is 0. The van der Waals surface area contributed by atoms with Crippen LogP contribution in [0.1, 0.15) is 19.4 Å². The summed E-state index contributed by atoms with van der Waals surface area (Å²) in [5.74, 6) is 1.39. The number of nitro benzene ring substituents is 1. The van der Waals surface area contributed by atoms with Crippen molar-refractivity contribution in [3.63, 3.8) is 0 Å². The summed E-state index contributed by atoms with van der Waals surface area (Å²) in [7, 11) is 0. The zero-order valence-corrected chi connectivity index (χ0v) is 10.6. The Morgan fingerprint density at radius 3 is 2.76 bits per heavy atom. The molecule has 0 spiro atoms. The van der Waals surface area contributed by atoms with Crippen LogP contribution < -0.4 is 0 Å². The quantitative estimate of drug-likeness (QED) is 0.611. The maximum absolute atomic E-state index is 10.9. The van der Waals surface area contributed by atoms with Crippen molar-refractivity contribution in [3.05, 3.63) is 39.9 Å². The lowest BCUT2D eigenvalue weighted by Crippen LogP contribution is -2.11. The Bertz CT molecular complexity index is 471. The summed E-state index contributed by atoms with van der Waals surface area (Å²) in [5.41, 5.74) is 0.786. The van der Waals surface area contributed by atoms with Gasteiger partial charge < -0.3 is 0 Å². The first kappa shape index (κ1) is 12.1. The Kier molecular flexibility index (Phi) is 3.47. The van der Waals surface area contributed by atoms with Crippen molar-refractivity contribution in [2.75, 3.05) is 5.75 Å². The van der Waals surface area contributed by atoms with Gasteiger partial charge in [0, 0.05) is 11.8 Å². The van der Waals surface area contributed by atoms with Gasteiger partial charge in [-0.15, -0.1) is 11.8 Å². The molecule has 0 aliphatic carbocycles. The highest BCUT2D eigenvalue weighted by atomic mass is 32.2. The van der Waals surface area contributed by atoms with E-state index in [0.29, 0.717) is 11.5 Å². The summed E-state index contributed by atoms with van der Waals surface area (Å²) in [6.07, 6.45) is 0. The maximum Gasteiger partial charge on any atom is 0.279 e. The molecule has 0 amide bonds. The second-order valence-corrected chi connectivity index (χ2v) is 5.34. The molecule has 0 radical (unpaired) electrons. The Morgan fingerprint density at radius 2 is 2.18 bits per heavy atom. The summed E-state index contributed by atoms with van der Waals surface area (Å²) in [5, 5.41) is 11.7. The van der Waals surface area contributed by atoms with Crippen LogP contribution in [0, 0.1) is 16.0 Å². The van der Waals surface area contributed by atoms with E-state index in [1.807, 2.05) is 6.07 Å². The van der Waals surface area contributed by atoms with Crippen LogP contribution in [-0.2, 0) is 0 Å². The van der Waals surface area contributed by atoms with E-state index >= 15 is 0 Å². The van der Waals surface area contributed by atoms with Crippen LogP contribution in [0.3, 0.4) is 0 Å². The second-order valence-electron chi connectivity index (χ2n) is 4.33. The molecule has 1 atom stereocenters. The predicted octanol–water partition coefficient (Wildman–Crippen LogP) is 3.11. The zero-order chi connectivity index (χ0) is 12.4. The molecule has 0 bridgehead atoms. The van der Waals surface area contributed by atoms with E-state index in [1.54, 1.807) is 23.9 Å². The first-order chi connectivity index (χ1) is 8.09. The smallest absolute Gasteiger partial charge is 0.273 e. The van der Waals surface area contributed by atoms with Crippen LogP contribution >= 0.6 is 11.8 Å². The molecule has 1 heterocycles. The highest BCUT2D eigenvalue weighted by Gasteiger charge is 2.26. The third-order valence-corrected chi connectivity index (χ3v) is 3.88. The van der Waals surface area contributed by atoms with Crippen molar-refractivity contribution >= 4 is 22.5 Å². The Labute approximate surface area is 104 Å². The van der Waals surface area contributed by atoms with Gasteiger partial charge in [0.2, 0.25) is 0 Å². The SMILES string of the molecule is CC(C)C1CSC(c2ccccc2[N+](=O)[O-])=N1. The van der Waals surface area contributed by atoms with Crippen molar-refractivity contribution in [3.8, 4) is 0 Å². The van der Waals surface area contributed by atoms with E-state index in [-0.39, 0.29) is 16.7 Å². The topological polar surface area (TPSA) is 55.5 Å². The minimum absolute atomic E-state index is 0.142. The molecule has 90 valence electrons. The van der Waals surface area contributed by atoms with Crippen LogP contribution in [-0.4, -0.2) is 21.8 Å². The molecule has 1 aromatic carbocycles. The fourth-order valence-electron chi connectivity index (χ4n) is 1.69. The number of para-hydroxylation sites is 1. The lowest BCUT2D eigenvalue weighted by atomic mass is 10.1. The van der Waals surface area contributed by atoms with E-state index in [9.17, 15) is 10.1 Å². The first-order valence-electron chi connectivity index (χ1n) is 5.54. The summed E-state index contributed by atoms with van der Waals surface area (Å²) in [4.78, 5) is 15.2. The van der Waals surface area contributed by atoms with Crippen molar-refractivity contribution in [2.24, 2.45) is 10.9 Å². The normalized spacial score (nSPS) is 19.5. The van der Waals surface area contributed by atoms with Gasteiger partial charge in [0.25, 0.3) is 5.69 Å². The largest absolute Gasteiger partial charge is 0.279 e. The van der Waals surface area contributed by atoms with E-state index in [1.165, 1.54) is 6.07 Å². The summed E-state index contributed by atoms with van der Waals surface area (Å²) >= 11 is 1.61. The minimum Gasteiger partial charge on any atom is -0.273 e. The van der Waals surface area contributed by atoms with E-state index < -0.39 is 0 Å². The zero-order valence-electron chi connectivity index (χ0n) is 9.79. The standard InChI is InChI=1S/C12H14N2O2S/c1-8(2)10-7-17-12(13-10)9-5-3-4-6-11(9)14(15)16/h3-6,8,10H,7H2,1-2H3. The van der Waals surface area contributed by atoms with Crippen molar-refractivity contribution in [2.45, 2.75) is 19.9 Å². The van der Waals surface area contributed by atoms with Gasteiger partial charge in [0.15, 0.2) is 0 Å². The van der Waals surface area contributed by atoms with Crippen molar-refractivity contribution in [1.29, 1.82) is 0 Å². The van der Waals surface area contributed by atoms with Crippen molar-refractivity contribution in [1.82, 2.24) is 0 Å². The van der Waals surface area contributed by atoms with Gasteiger partial charge in [0.1, 0.15) is 5.04 Å². The van der Waals surface area contributed by atoms with E-state index in [0.717, 1.165) is 10.8 Å². The molecule has 1 unspecified atom stereocenters. The Morgan fingerprint density at radius 1 is 1.47 bits per heavy atom. The molecule has 4 nitrogen and oxygen atoms in total. The van der Waals surface area contributed by atoms with Crippen LogP contribution in [0.25, 0.3) is 0 Å². The summed E-state index contributed by atoms with van der Waals surface area (Å²) in [6, 6.07) is 7.07. The van der Waals surface area contributed by atoms with Crippen molar-refractivity contribution < 1.29 is 4.92 Å². The third kappa shape index (κ3) is 2.49. The minimum atomic E-state index is -0.346. The van der Waals surface area contributed by atoms with Gasteiger partial charge in [-0.05, 0) is 12.0 Å². The summed E-state index contributed by atoms with van der Waals surface area (Å²) in [6.45, 7) is 4.24. The fourth-order valence-corrected chi connectivity index (χ4v) is 3.02. The van der Waals surface area contributed by atoms with Crippen LogP contribution in [0.4, 0.5) is 5.69 Å². The average Bonchev–Trinajstić information content (AvgIpc) is 2.78. The van der Waals surface area contributed by atoms with Gasteiger partial charge in [0.05, 0.1) is 16.5 Å². The van der Waals surface area contributed by atoms with Gasteiger partial charge in [-0.25, -0.2) is 0 Å². The Balaban J connectivity index is 2.36. The molecular weight excluding hydrogens is 236 g/mol. The molecule has 2 rings (SSSR count). The maximum atomic E-state index is 10.9. The predicted molar refractivity (Wildman–Crippen MR) is 70.7 cm³/mol. The number of thioether (sulfide) groups is 1. The molecule has 0 fully saturated rings. The number of hydrogen-bond acceptors (Lipinski definition) is 4. The number of aliphatic imine (C=N–C) groups is 1. The fraction of sp³-hybridized carbons (Fsp3) is 0.417. The molecule has 17 heavy (non-hydrogen) atoms. The molecule has 1 aromatic rings.